The monoisotopic (exact) mass is 241 g/mol. The third-order valence-corrected chi connectivity index (χ3v) is 3.78. The normalized spacial score (nSPS) is 18.6. The number of aryl methyl sites for hydroxylation is 2. The second-order valence-corrected chi connectivity index (χ2v) is 4.98. The Hall–Kier alpha value is -1.61. The van der Waals surface area contributed by atoms with Gasteiger partial charge >= 0.3 is 0 Å². The SMILES string of the molecule is NC1CCCc2c1ccn2CCc1ccccn1. The van der Waals surface area contributed by atoms with E-state index >= 15 is 0 Å². The van der Waals surface area contributed by atoms with Crippen molar-refractivity contribution < 1.29 is 0 Å². The molecule has 0 spiro atoms. The summed E-state index contributed by atoms with van der Waals surface area (Å²) >= 11 is 0. The lowest BCUT2D eigenvalue weighted by Gasteiger charge is -2.20. The predicted octanol–water partition coefficient (Wildman–Crippen LogP) is 2.46. The molecular weight excluding hydrogens is 222 g/mol. The van der Waals surface area contributed by atoms with Crippen molar-refractivity contribution in [1.29, 1.82) is 0 Å². The first-order valence-corrected chi connectivity index (χ1v) is 6.68. The second kappa shape index (κ2) is 4.94. The minimum Gasteiger partial charge on any atom is -0.351 e. The molecule has 3 rings (SSSR count). The fourth-order valence-corrected chi connectivity index (χ4v) is 2.78. The van der Waals surface area contributed by atoms with Gasteiger partial charge in [-0.25, -0.2) is 0 Å². The van der Waals surface area contributed by atoms with Crippen molar-refractivity contribution in [3.63, 3.8) is 0 Å². The van der Waals surface area contributed by atoms with Crippen molar-refractivity contribution >= 4 is 0 Å². The molecule has 3 nitrogen and oxygen atoms in total. The number of nitrogens with two attached hydrogens (primary N) is 1. The first-order chi connectivity index (χ1) is 8.84. The van der Waals surface area contributed by atoms with Crippen molar-refractivity contribution in [1.82, 2.24) is 9.55 Å². The van der Waals surface area contributed by atoms with Gasteiger partial charge in [0.2, 0.25) is 0 Å². The molecule has 1 atom stereocenters. The van der Waals surface area contributed by atoms with Crippen molar-refractivity contribution in [2.75, 3.05) is 0 Å². The summed E-state index contributed by atoms with van der Waals surface area (Å²) < 4.78 is 2.35. The molecule has 1 unspecified atom stereocenters. The number of pyridine rings is 1. The predicted molar refractivity (Wildman–Crippen MR) is 72.2 cm³/mol. The van der Waals surface area contributed by atoms with Gasteiger partial charge in [0, 0.05) is 42.8 Å². The maximum Gasteiger partial charge on any atom is 0.0421 e. The lowest BCUT2D eigenvalue weighted by atomic mass is 9.93. The Morgan fingerprint density at radius 2 is 2.28 bits per heavy atom. The fraction of sp³-hybridized carbons (Fsp3) is 0.400. The maximum absolute atomic E-state index is 6.14. The summed E-state index contributed by atoms with van der Waals surface area (Å²) in [5.74, 6) is 0. The number of aromatic nitrogens is 2. The zero-order valence-electron chi connectivity index (χ0n) is 10.5. The van der Waals surface area contributed by atoms with Crippen LogP contribution in [0.4, 0.5) is 0 Å². The lowest BCUT2D eigenvalue weighted by Crippen LogP contribution is -2.18. The van der Waals surface area contributed by atoms with E-state index in [1.165, 1.54) is 17.7 Å². The van der Waals surface area contributed by atoms with Crippen LogP contribution in [0.15, 0.2) is 36.7 Å². The molecule has 0 radical (unpaired) electrons. The highest BCUT2D eigenvalue weighted by Crippen LogP contribution is 2.28. The van der Waals surface area contributed by atoms with Crippen LogP contribution in [0.5, 0.6) is 0 Å². The van der Waals surface area contributed by atoms with Crippen LogP contribution in [0.1, 0.15) is 35.8 Å². The minimum atomic E-state index is 0.241. The molecule has 3 heteroatoms. The highest BCUT2D eigenvalue weighted by molar-refractivity contribution is 5.28. The Morgan fingerprint density at radius 1 is 1.33 bits per heavy atom. The van der Waals surface area contributed by atoms with E-state index in [1.807, 2.05) is 18.3 Å². The Balaban J connectivity index is 1.74. The van der Waals surface area contributed by atoms with Gasteiger partial charge in [0.05, 0.1) is 0 Å². The first kappa shape index (κ1) is 11.5. The lowest BCUT2D eigenvalue weighted by molar-refractivity contribution is 0.538. The van der Waals surface area contributed by atoms with Gasteiger partial charge in [-0.2, -0.15) is 0 Å². The molecular formula is C15H19N3. The Bertz CT molecular complexity index is 516. The number of hydrogen-bond donors (Lipinski definition) is 1. The van der Waals surface area contributed by atoms with Crippen molar-refractivity contribution in [3.8, 4) is 0 Å². The third-order valence-electron chi connectivity index (χ3n) is 3.78. The molecule has 0 amide bonds. The summed E-state index contributed by atoms with van der Waals surface area (Å²) in [4.78, 5) is 4.37. The molecule has 1 aliphatic carbocycles. The summed E-state index contributed by atoms with van der Waals surface area (Å²) in [6.45, 7) is 0.999. The molecule has 0 saturated carbocycles. The molecule has 0 fully saturated rings. The van der Waals surface area contributed by atoms with E-state index in [0.29, 0.717) is 0 Å². The van der Waals surface area contributed by atoms with E-state index in [2.05, 4.69) is 27.9 Å². The molecule has 2 aromatic heterocycles. The quantitative estimate of drug-likeness (QED) is 0.897. The standard InChI is InChI=1S/C15H19N3/c16-14-5-3-6-15-13(14)8-11-18(15)10-7-12-4-1-2-9-17-12/h1-2,4,8-9,11,14H,3,5-7,10,16H2. The van der Waals surface area contributed by atoms with E-state index in [9.17, 15) is 0 Å². The molecule has 0 bridgehead atoms. The Kier molecular flexibility index (Phi) is 3.15. The molecule has 2 heterocycles. The topological polar surface area (TPSA) is 43.8 Å². The molecule has 2 N–H and O–H groups in total. The highest BCUT2D eigenvalue weighted by Gasteiger charge is 2.19. The largest absolute Gasteiger partial charge is 0.351 e. The number of nitrogens with zero attached hydrogens (tertiary/aromatic N) is 2. The van der Waals surface area contributed by atoms with E-state index in [4.69, 9.17) is 5.73 Å². The molecule has 0 aliphatic heterocycles. The minimum absolute atomic E-state index is 0.241. The van der Waals surface area contributed by atoms with Gasteiger partial charge in [0.25, 0.3) is 0 Å². The molecule has 1 aliphatic rings. The molecule has 18 heavy (non-hydrogen) atoms. The smallest absolute Gasteiger partial charge is 0.0421 e. The second-order valence-electron chi connectivity index (χ2n) is 4.98. The summed E-state index contributed by atoms with van der Waals surface area (Å²) in [7, 11) is 0. The van der Waals surface area contributed by atoms with Crippen LogP contribution in [0.2, 0.25) is 0 Å². The van der Waals surface area contributed by atoms with Gasteiger partial charge in [-0.3, -0.25) is 4.98 Å². The van der Waals surface area contributed by atoms with Gasteiger partial charge in [-0.15, -0.1) is 0 Å². The third kappa shape index (κ3) is 2.18. The number of hydrogen-bond acceptors (Lipinski definition) is 2. The molecule has 2 aromatic rings. The average molecular weight is 241 g/mol. The first-order valence-electron chi connectivity index (χ1n) is 6.68. The molecule has 0 aromatic carbocycles. The van der Waals surface area contributed by atoms with Crippen LogP contribution >= 0.6 is 0 Å². The summed E-state index contributed by atoms with van der Waals surface area (Å²) in [6, 6.07) is 8.52. The van der Waals surface area contributed by atoms with E-state index < -0.39 is 0 Å². The molecule has 0 saturated heterocycles. The van der Waals surface area contributed by atoms with Gasteiger partial charge in [-0.1, -0.05) is 6.07 Å². The highest BCUT2D eigenvalue weighted by atomic mass is 15.0. The zero-order valence-corrected chi connectivity index (χ0v) is 10.5. The Labute approximate surface area is 108 Å². The summed E-state index contributed by atoms with van der Waals surface area (Å²) in [5, 5.41) is 0. The number of fused-ring (bicyclic) bond motifs is 1. The van der Waals surface area contributed by atoms with Crippen LogP contribution in [0.25, 0.3) is 0 Å². The molecule has 94 valence electrons. The van der Waals surface area contributed by atoms with Crippen LogP contribution < -0.4 is 5.73 Å². The van der Waals surface area contributed by atoms with Gasteiger partial charge in [0.15, 0.2) is 0 Å². The maximum atomic E-state index is 6.14. The van der Waals surface area contributed by atoms with Crippen molar-refractivity contribution in [2.24, 2.45) is 5.73 Å². The van der Waals surface area contributed by atoms with E-state index in [0.717, 1.165) is 31.5 Å². The van der Waals surface area contributed by atoms with Gasteiger partial charge in [-0.05, 0) is 43.0 Å². The van der Waals surface area contributed by atoms with E-state index in [-0.39, 0.29) is 6.04 Å². The summed E-state index contributed by atoms with van der Waals surface area (Å²) in [6.07, 6.45) is 8.52. The van der Waals surface area contributed by atoms with E-state index in [1.54, 1.807) is 0 Å². The fourth-order valence-electron chi connectivity index (χ4n) is 2.78. The average Bonchev–Trinajstić information content (AvgIpc) is 2.82. The number of rotatable bonds is 3. The van der Waals surface area contributed by atoms with Gasteiger partial charge in [0.1, 0.15) is 0 Å². The van der Waals surface area contributed by atoms with Gasteiger partial charge < -0.3 is 10.3 Å². The van der Waals surface area contributed by atoms with Crippen molar-refractivity contribution in [2.45, 2.75) is 38.3 Å². The van der Waals surface area contributed by atoms with Crippen LogP contribution in [-0.4, -0.2) is 9.55 Å². The van der Waals surface area contributed by atoms with Crippen LogP contribution in [0, 0.1) is 0 Å². The zero-order chi connectivity index (χ0) is 12.4. The Morgan fingerprint density at radius 3 is 3.11 bits per heavy atom. The van der Waals surface area contributed by atoms with Crippen molar-refractivity contribution in [3.05, 3.63) is 53.6 Å². The van der Waals surface area contributed by atoms with Crippen LogP contribution in [-0.2, 0) is 19.4 Å². The van der Waals surface area contributed by atoms with Crippen LogP contribution in [0.3, 0.4) is 0 Å². The summed E-state index contributed by atoms with van der Waals surface area (Å²) in [5.41, 5.74) is 10.1.